The van der Waals surface area contributed by atoms with Gasteiger partial charge in [0.25, 0.3) is 11.8 Å². The summed E-state index contributed by atoms with van der Waals surface area (Å²) in [7, 11) is 1.56. The Labute approximate surface area is 180 Å². The second-order valence-electron chi connectivity index (χ2n) is 6.46. The van der Waals surface area contributed by atoms with Crippen LogP contribution in [0.4, 0.5) is 5.69 Å². The number of hydrogen-bond acceptors (Lipinski definition) is 5. The van der Waals surface area contributed by atoms with E-state index >= 15 is 0 Å². The lowest BCUT2D eigenvalue weighted by Crippen LogP contribution is -2.27. The molecule has 1 aliphatic rings. The molecule has 0 saturated heterocycles. The number of methoxy groups -OCH3 is 1. The molecular formula is C22H23ClN2O5. The number of ether oxygens (including phenoxy) is 3. The monoisotopic (exact) mass is 430 g/mol. The normalized spacial score (nSPS) is 12.3. The Morgan fingerprint density at radius 1 is 1.20 bits per heavy atom. The van der Waals surface area contributed by atoms with Crippen molar-refractivity contribution < 1.29 is 23.8 Å². The van der Waals surface area contributed by atoms with Gasteiger partial charge in [0.1, 0.15) is 6.61 Å². The summed E-state index contributed by atoms with van der Waals surface area (Å²) in [6, 6.07) is 10.3. The van der Waals surface area contributed by atoms with Crippen molar-refractivity contribution in [2.75, 3.05) is 38.8 Å². The highest BCUT2D eigenvalue weighted by molar-refractivity contribution is 6.34. The smallest absolute Gasteiger partial charge is 0.255 e. The first-order valence-electron chi connectivity index (χ1n) is 9.50. The molecule has 0 unspecified atom stereocenters. The summed E-state index contributed by atoms with van der Waals surface area (Å²) in [6.07, 6.45) is 1.77. The standard InChI is InChI=1S/C22H23ClN2O5/c1-3-29-19-6-4-5-14-11-15(13-30-20(14)19)21(26)25-16-7-8-17(18(23)12-16)22(27)24-9-10-28-2/h4-8,11-12H,3,9-10,13H2,1-2H3,(H,24,27)(H,25,26). The fraction of sp³-hybridized carbons (Fsp3) is 0.273. The Bertz CT molecular complexity index is 974. The van der Waals surface area contributed by atoms with E-state index in [4.69, 9.17) is 25.8 Å². The molecule has 0 saturated carbocycles. The number of benzene rings is 2. The molecule has 0 aromatic heterocycles. The zero-order valence-corrected chi connectivity index (χ0v) is 17.5. The van der Waals surface area contributed by atoms with Crippen LogP contribution < -0.4 is 20.1 Å². The summed E-state index contributed by atoms with van der Waals surface area (Å²) in [6.45, 7) is 3.33. The van der Waals surface area contributed by atoms with Crippen molar-refractivity contribution in [1.82, 2.24) is 5.32 Å². The average Bonchev–Trinajstić information content (AvgIpc) is 2.74. The molecule has 0 atom stereocenters. The third kappa shape index (κ3) is 5.11. The van der Waals surface area contributed by atoms with Crippen LogP contribution in [0, 0.1) is 0 Å². The number of rotatable bonds is 8. The number of para-hydroxylation sites is 1. The molecule has 1 aliphatic heterocycles. The minimum Gasteiger partial charge on any atom is -0.490 e. The van der Waals surface area contributed by atoms with E-state index in [2.05, 4.69) is 10.6 Å². The van der Waals surface area contributed by atoms with Gasteiger partial charge in [0.15, 0.2) is 11.5 Å². The van der Waals surface area contributed by atoms with Gasteiger partial charge >= 0.3 is 0 Å². The minimum absolute atomic E-state index is 0.122. The number of hydrogen-bond donors (Lipinski definition) is 2. The number of carbonyl (C=O) groups is 2. The van der Waals surface area contributed by atoms with Crippen LogP contribution in [0.2, 0.25) is 5.02 Å². The molecule has 8 heteroatoms. The molecule has 2 N–H and O–H groups in total. The van der Waals surface area contributed by atoms with Crippen molar-refractivity contribution in [1.29, 1.82) is 0 Å². The predicted octanol–water partition coefficient (Wildman–Crippen LogP) is 3.53. The number of amides is 2. The van der Waals surface area contributed by atoms with Crippen LogP contribution in [0.5, 0.6) is 11.5 Å². The lowest BCUT2D eigenvalue weighted by atomic mass is 10.1. The molecule has 1 heterocycles. The van der Waals surface area contributed by atoms with E-state index in [0.29, 0.717) is 48.1 Å². The van der Waals surface area contributed by atoms with Gasteiger partial charge in [-0.25, -0.2) is 0 Å². The van der Waals surface area contributed by atoms with E-state index in [0.717, 1.165) is 5.56 Å². The Kier molecular flexibility index (Phi) is 7.32. The Morgan fingerprint density at radius 2 is 2.03 bits per heavy atom. The molecule has 0 bridgehead atoms. The van der Waals surface area contributed by atoms with Crippen molar-refractivity contribution in [3.8, 4) is 11.5 Å². The third-order valence-corrected chi connectivity index (χ3v) is 4.68. The summed E-state index contributed by atoms with van der Waals surface area (Å²) in [5.41, 5.74) is 2.05. The first kappa shape index (κ1) is 21.7. The van der Waals surface area contributed by atoms with Gasteiger partial charge in [-0.05, 0) is 37.3 Å². The summed E-state index contributed by atoms with van der Waals surface area (Å²) in [5, 5.41) is 5.73. The summed E-state index contributed by atoms with van der Waals surface area (Å²) >= 11 is 6.22. The van der Waals surface area contributed by atoms with Gasteiger partial charge in [-0.3, -0.25) is 9.59 Å². The van der Waals surface area contributed by atoms with E-state index in [1.54, 1.807) is 25.3 Å². The van der Waals surface area contributed by atoms with Gasteiger partial charge in [0.05, 0.1) is 29.4 Å². The minimum atomic E-state index is -0.309. The maximum atomic E-state index is 12.7. The highest BCUT2D eigenvalue weighted by Gasteiger charge is 2.21. The molecule has 0 spiro atoms. The fourth-order valence-corrected chi connectivity index (χ4v) is 3.20. The van der Waals surface area contributed by atoms with Crippen LogP contribution in [0.3, 0.4) is 0 Å². The average molecular weight is 431 g/mol. The first-order chi connectivity index (χ1) is 14.5. The lowest BCUT2D eigenvalue weighted by Gasteiger charge is -2.20. The van der Waals surface area contributed by atoms with Crippen LogP contribution in [-0.4, -0.2) is 45.3 Å². The van der Waals surface area contributed by atoms with Crippen molar-refractivity contribution >= 4 is 35.2 Å². The Morgan fingerprint density at radius 3 is 2.77 bits per heavy atom. The van der Waals surface area contributed by atoms with Crippen molar-refractivity contribution in [2.45, 2.75) is 6.92 Å². The van der Waals surface area contributed by atoms with Crippen LogP contribution >= 0.6 is 11.6 Å². The zero-order chi connectivity index (χ0) is 21.5. The number of nitrogens with one attached hydrogen (secondary N) is 2. The van der Waals surface area contributed by atoms with Crippen molar-refractivity contribution in [2.24, 2.45) is 0 Å². The maximum absolute atomic E-state index is 12.7. The molecule has 7 nitrogen and oxygen atoms in total. The van der Waals surface area contributed by atoms with Crippen molar-refractivity contribution in [3.63, 3.8) is 0 Å². The van der Waals surface area contributed by atoms with E-state index in [9.17, 15) is 9.59 Å². The van der Waals surface area contributed by atoms with Gasteiger partial charge in [0.2, 0.25) is 0 Å². The number of halogens is 1. The highest BCUT2D eigenvalue weighted by atomic mass is 35.5. The zero-order valence-electron chi connectivity index (χ0n) is 16.8. The topological polar surface area (TPSA) is 85.9 Å². The molecule has 30 heavy (non-hydrogen) atoms. The van der Waals surface area contributed by atoms with Gasteiger partial charge < -0.3 is 24.8 Å². The molecule has 3 rings (SSSR count). The largest absolute Gasteiger partial charge is 0.490 e. The van der Waals surface area contributed by atoms with Crippen LogP contribution in [-0.2, 0) is 9.53 Å². The SMILES string of the molecule is CCOc1cccc2c1OCC(C(=O)Nc1ccc(C(=O)NCCOC)c(Cl)c1)=C2. The van der Waals surface area contributed by atoms with Gasteiger partial charge in [-0.1, -0.05) is 23.7 Å². The van der Waals surface area contributed by atoms with Crippen LogP contribution in [0.1, 0.15) is 22.8 Å². The molecule has 158 valence electrons. The Balaban J connectivity index is 1.70. The van der Waals surface area contributed by atoms with Gasteiger partial charge in [-0.2, -0.15) is 0 Å². The predicted molar refractivity (Wildman–Crippen MR) is 115 cm³/mol. The van der Waals surface area contributed by atoms with Crippen LogP contribution in [0.15, 0.2) is 42.0 Å². The van der Waals surface area contributed by atoms with Crippen molar-refractivity contribution in [3.05, 3.63) is 58.1 Å². The number of anilines is 1. The summed E-state index contributed by atoms with van der Waals surface area (Å²) in [5.74, 6) is 0.662. The maximum Gasteiger partial charge on any atom is 0.255 e. The Hall–Kier alpha value is -3.03. The molecule has 0 fully saturated rings. The van der Waals surface area contributed by atoms with E-state index < -0.39 is 0 Å². The lowest BCUT2D eigenvalue weighted by molar-refractivity contribution is -0.113. The quantitative estimate of drug-likeness (QED) is 0.626. The van der Waals surface area contributed by atoms with E-state index in [1.807, 2.05) is 25.1 Å². The first-order valence-corrected chi connectivity index (χ1v) is 9.88. The molecule has 2 aromatic carbocycles. The van der Waals surface area contributed by atoms with E-state index in [1.165, 1.54) is 6.07 Å². The van der Waals surface area contributed by atoms with Crippen LogP contribution in [0.25, 0.3) is 6.08 Å². The summed E-state index contributed by atoms with van der Waals surface area (Å²) < 4.78 is 16.2. The second kappa shape index (κ2) is 10.1. The molecule has 2 aromatic rings. The number of carbonyl (C=O) groups excluding carboxylic acids is 2. The molecule has 0 radical (unpaired) electrons. The summed E-state index contributed by atoms with van der Waals surface area (Å²) in [4.78, 5) is 24.8. The van der Waals surface area contributed by atoms with E-state index in [-0.39, 0.29) is 23.4 Å². The molecule has 0 aliphatic carbocycles. The number of fused-ring (bicyclic) bond motifs is 1. The second-order valence-corrected chi connectivity index (χ2v) is 6.87. The van der Waals surface area contributed by atoms with Gasteiger partial charge in [-0.15, -0.1) is 0 Å². The molecular weight excluding hydrogens is 408 g/mol. The van der Waals surface area contributed by atoms with Gasteiger partial charge in [0, 0.05) is 24.9 Å². The highest BCUT2D eigenvalue weighted by Crippen LogP contribution is 2.36. The third-order valence-electron chi connectivity index (χ3n) is 4.37. The molecule has 2 amide bonds. The fourth-order valence-electron chi connectivity index (χ4n) is 2.93.